The van der Waals surface area contributed by atoms with E-state index in [0.29, 0.717) is 28.9 Å². The molecule has 3 rings (SSSR count). The second-order valence-electron chi connectivity index (χ2n) is 6.70. The third-order valence-electron chi connectivity index (χ3n) is 4.49. The number of carbonyl (C=O) groups is 1. The topological polar surface area (TPSA) is 72.2 Å². The Balaban J connectivity index is 1.55. The summed E-state index contributed by atoms with van der Waals surface area (Å²) in [5.74, 6) is 0.950. The normalized spacial score (nSPS) is 12.0. The van der Waals surface area contributed by atoms with Crippen molar-refractivity contribution in [3.05, 3.63) is 76.1 Å². The van der Waals surface area contributed by atoms with Gasteiger partial charge in [0.15, 0.2) is 0 Å². The van der Waals surface area contributed by atoms with Gasteiger partial charge in [-0.2, -0.15) is 0 Å². The van der Waals surface area contributed by atoms with Crippen LogP contribution in [0.2, 0.25) is 5.02 Å². The fourth-order valence-electron chi connectivity index (χ4n) is 2.77. The van der Waals surface area contributed by atoms with Crippen molar-refractivity contribution in [3.63, 3.8) is 0 Å². The number of aromatic nitrogens is 1. The smallest absolute Gasteiger partial charge is 0.232 e. The van der Waals surface area contributed by atoms with Gasteiger partial charge in [-0.1, -0.05) is 42.8 Å². The molecule has 0 spiro atoms. The molecule has 1 atom stereocenters. The van der Waals surface area contributed by atoms with E-state index >= 15 is 0 Å². The van der Waals surface area contributed by atoms with Crippen LogP contribution in [0, 0.1) is 6.92 Å². The number of aryl methyl sites for hydroxylation is 2. The Labute approximate surface area is 178 Å². The van der Waals surface area contributed by atoms with E-state index in [9.17, 15) is 9.00 Å². The zero-order valence-electron chi connectivity index (χ0n) is 16.4. The van der Waals surface area contributed by atoms with Crippen molar-refractivity contribution in [1.29, 1.82) is 0 Å². The molecule has 0 fully saturated rings. The number of amides is 1. The molecule has 2 aromatic carbocycles. The lowest BCUT2D eigenvalue weighted by molar-refractivity contribution is -0.118. The minimum atomic E-state index is -1.38. The summed E-state index contributed by atoms with van der Waals surface area (Å²) in [6.45, 7) is 4.27. The Morgan fingerprint density at radius 3 is 2.41 bits per heavy atom. The summed E-state index contributed by atoms with van der Waals surface area (Å²) in [6, 6.07) is 15.2. The van der Waals surface area contributed by atoms with Gasteiger partial charge in [-0.25, -0.2) is 4.98 Å². The molecule has 0 saturated carbocycles. The van der Waals surface area contributed by atoms with Gasteiger partial charge in [0.1, 0.15) is 11.5 Å². The van der Waals surface area contributed by atoms with Crippen molar-refractivity contribution in [2.24, 2.45) is 0 Å². The molecule has 5 nitrogen and oxygen atoms in total. The molecule has 3 aromatic rings. The molecule has 0 saturated heterocycles. The van der Waals surface area contributed by atoms with Gasteiger partial charge in [0, 0.05) is 27.9 Å². The molecule has 1 N–H and O–H groups in total. The van der Waals surface area contributed by atoms with E-state index in [1.807, 2.05) is 36.4 Å². The number of nitrogens with one attached hydrogen (secondary N) is 1. The van der Waals surface area contributed by atoms with E-state index in [4.69, 9.17) is 16.0 Å². The highest BCUT2D eigenvalue weighted by atomic mass is 35.5. The van der Waals surface area contributed by atoms with Crippen molar-refractivity contribution in [1.82, 2.24) is 10.3 Å². The van der Waals surface area contributed by atoms with Crippen LogP contribution in [-0.4, -0.2) is 20.9 Å². The van der Waals surface area contributed by atoms with Gasteiger partial charge >= 0.3 is 0 Å². The highest BCUT2D eigenvalue weighted by Crippen LogP contribution is 2.23. The predicted octanol–water partition coefficient (Wildman–Crippen LogP) is 4.43. The van der Waals surface area contributed by atoms with Crippen molar-refractivity contribution < 1.29 is 13.4 Å². The summed E-state index contributed by atoms with van der Waals surface area (Å²) in [5, 5.41) is 3.42. The first kappa shape index (κ1) is 21.3. The third kappa shape index (κ3) is 6.02. The maximum Gasteiger partial charge on any atom is 0.232 e. The summed E-state index contributed by atoms with van der Waals surface area (Å²) < 4.78 is 18.1. The van der Waals surface area contributed by atoms with E-state index in [0.717, 1.165) is 17.5 Å². The maximum absolute atomic E-state index is 12.4. The molecule has 0 radical (unpaired) electrons. The zero-order chi connectivity index (χ0) is 20.8. The summed E-state index contributed by atoms with van der Waals surface area (Å²) in [6.07, 6.45) is 0.967. The van der Waals surface area contributed by atoms with E-state index in [1.165, 1.54) is 5.56 Å². The molecule has 29 heavy (non-hydrogen) atoms. The summed E-state index contributed by atoms with van der Waals surface area (Å²) in [7, 11) is -1.38. The van der Waals surface area contributed by atoms with Crippen LogP contribution in [0.1, 0.15) is 29.5 Å². The SMILES string of the molecule is CCc1ccc(-c2nc(C[S@@](=O)CC(=O)NCc3ccc(Cl)cc3)c(C)o2)cc1. The van der Waals surface area contributed by atoms with Gasteiger partial charge in [-0.15, -0.1) is 0 Å². The molecule has 0 bridgehead atoms. The lowest BCUT2D eigenvalue weighted by Gasteiger charge is -2.05. The van der Waals surface area contributed by atoms with Crippen LogP contribution < -0.4 is 5.32 Å². The van der Waals surface area contributed by atoms with Crippen LogP contribution in [0.25, 0.3) is 11.5 Å². The Morgan fingerprint density at radius 2 is 1.76 bits per heavy atom. The molecular weight excluding hydrogens is 408 g/mol. The maximum atomic E-state index is 12.4. The number of hydrogen-bond donors (Lipinski definition) is 1. The minimum absolute atomic E-state index is 0.0829. The fourth-order valence-corrected chi connectivity index (χ4v) is 3.97. The third-order valence-corrected chi connectivity index (χ3v) is 5.93. The van der Waals surface area contributed by atoms with E-state index in [-0.39, 0.29) is 17.4 Å². The van der Waals surface area contributed by atoms with Crippen molar-refractivity contribution in [2.45, 2.75) is 32.6 Å². The van der Waals surface area contributed by atoms with Crippen molar-refractivity contribution in [2.75, 3.05) is 5.75 Å². The number of rotatable bonds is 8. The lowest BCUT2D eigenvalue weighted by atomic mass is 10.1. The average Bonchev–Trinajstić information content (AvgIpc) is 3.07. The molecule has 1 amide bonds. The molecule has 0 unspecified atom stereocenters. The molecule has 0 aliphatic heterocycles. The number of oxazole rings is 1. The van der Waals surface area contributed by atoms with Crippen LogP contribution in [0.15, 0.2) is 52.9 Å². The Morgan fingerprint density at radius 1 is 1.10 bits per heavy atom. The van der Waals surface area contributed by atoms with Crippen molar-refractivity contribution >= 4 is 28.3 Å². The van der Waals surface area contributed by atoms with Crippen LogP contribution >= 0.6 is 11.6 Å². The highest BCUT2D eigenvalue weighted by Gasteiger charge is 2.16. The highest BCUT2D eigenvalue weighted by molar-refractivity contribution is 7.84. The van der Waals surface area contributed by atoms with E-state index in [1.54, 1.807) is 19.1 Å². The first-order valence-electron chi connectivity index (χ1n) is 9.36. The first-order valence-corrected chi connectivity index (χ1v) is 11.2. The summed E-state index contributed by atoms with van der Waals surface area (Å²) in [4.78, 5) is 16.6. The molecule has 7 heteroatoms. The lowest BCUT2D eigenvalue weighted by Crippen LogP contribution is -2.28. The van der Waals surface area contributed by atoms with Gasteiger partial charge in [0.25, 0.3) is 0 Å². The van der Waals surface area contributed by atoms with Crippen LogP contribution in [0.3, 0.4) is 0 Å². The van der Waals surface area contributed by atoms with Crippen molar-refractivity contribution in [3.8, 4) is 11.5 Å². The van der Waals surface area contributed by atoms with Gasteiger partial charge < -0.3 is 9.73 Å². The molecular formula is C22H23ClN2O3S. The number of benzene rings is 2. The van der Waals surface area contributed by atoms with E-state index < -0.39 is 10.8 Å². The number of halogens is 1. The molecule has 152 valence electrons. The molecule has 1 heterocycles. The second-order valence-corrected chi connectivity index (χ2v) is 8.60. The van der Waals surface area contributed by atoms with Crippen LogP contribution in [0.5, 0.6) is 0 Å². The number of nitrogens with zero attached hydrogens (tertiary/aromatic N) is 1. The van der Waals surface area contributed by atoms with Gasteiger partial charge in [0.05, 0.1) is 11.4 Å². The van der Waals surface area contributed by atoms with Gasteiger partial charge in [-0.05, 0) is 48.7 Å². The Kier molecular flexibility index (Phi) is 7.23. The van der Waals surface area contributed by atoms with Gasteiger partial charge in [0.2, 0.25) is 11.8 Å². The fraction of sp³-hybridized carbons (Fsp3) is 0.273. The molecule has 1 aromatic heterocycles. The zero-order valence-corrected chi connectivity index (χ0v) is 18.0. The Hall–Kier alpha value is -2.44. The minimum Gasteiger partial charge on any atom is -0.441 e. The summed E-state index contributed by atoms with van der Waals surface area (Å²) in [5.41, 5.74) is 3.66. The van der Waals surface area contributed by atoms with Crippen LogP contribution in [-0.2, 0) is 34.3 Å². The number of carbonyl (C=O) groups excluding carboxylic acids is 1. The standard InChI is InChI=1S/C22H23ClN2O3S/c1-3-16-4-8-18(9-5-16)22-25-20(15(2)28-22)13-29(27)14-21(26)24-12-17-6-10-19(23)11-7-17/h4-11H,3,12-14H2,1-2H3,(H,24,26)/t29-/m1/s1. The second kappa shape index (κ2) is 9.85. The number of hydrogen-bond acceptors (Lipinski definition) is 4. The summed E-state index contributed by atoms with van der Waals surface area (Å²) >= 11 is 5.85. The largest absolute Gasteiger partial charge is 0.441 e. The Bertz CT molecular complexity index is 998. The van der Waals surface area contributed by atoms with E-state index in [2.05, 4.69) is 17.2 Å². The quantitative estimate of drug-likeness (QED) is 0.573. The average molecular weight is 431 g/mol. The molecule has 0 aliphatic carbocycles. The first-order chi connectivity index (χ1) is 13.9. The van der Waals surface area contributed by atoms with Gasteiger partial charge in [-0.3, -0.25) is 9.00 Å². The monoisotopic (exact) mass is 430 g/mol. The van der Waals surface area contributed by atoms with Crippen LogP contribution in [0.4, 0.5) is 0 Å². The predicted molar refractivity (Wildman–Crippen MR) is 116 cm³/mol. The molecule has 0 aliphatic rings.